The molecule has 2 aliphatic heterocycles. The molecule has 148 valence electrons. The van der Waals surface area contributed by atoms with E-state index in [2.05, 4.69) is 35.2 Å². The second-order valence-electron chi connectivity index (χ2n) is 8.25. The number of nitrogens with zero attached hydrogens (tertiary/aromatic N) is 2. The highest BCUT2D eigenvalue weighted by Gasteiger charge is 2.38. The minimum atomic E-state index is 0.105. The van der Waals surface area contributed by atoms with Gasteiger partial charge in [0.2, 0.25) is 0 Å². The zero-order chi connectivity index (χ0) is 19.4. The van der Waals surface area contributed by atoms with Crippen molar-refractivity contribution >= 4 is 5.91 Å². The van der Waals surface area contributed by atoms with Crippen molar-refractivity contribution in [3.05, 3.63) is 65.7 Å². The maximum Gasteiger partial charge on any atom is 0.257 e. The summed E-state index contributed by atoms with van der Waals surface area (Å²) in [6.45, 7) is 5.09. The van der Waals surface area contributed by atoms with Crippen molar-refractivity contribution in [2.45, 2.75) is 32.2 Å². The van der Waals surface area contributed by atoms with Crippen LogP contribution in [-0.2, 0) is 6.54 Å². The van der Waals surface area contributed by atoms with Crippen LogP contribution >= 0.6 is 0 Å². The zero-order valence-electron chi connectivity index (χ0n) is 16.8. The van der Waals surface area contributed by atoms with Gasteiger partial charge in [-0.1, -0.05) is 42.5 Å². The Kier molecular flexibility index (Phi) is 5.67. The van der Waals surface area contributed by atoms with E-state index in [0.29, 0.717) is 16.7 Å². The van der Waals surface area contributed by atoms with Crippen LogP contribution in [0.5, 0.6) is 5.75 Å². The molecule has 1 spiro atoms. The molecule has 4 nitrogen and oxygen atoms in total. The molecular weight excluding hydrogens is 348 g/mol. The minimum Gasteiger partial charge on any atom is -0.496 e. The summed E-state index contributed by atoms with van der Waals surface area (Å²) in [4.78, 5) is 17.5. The molecular formula is C24H30N2O2. The molecule has 2 aliphatic rings. The van der Waals surface area contributed by atoms with Gasteiger partial charge in [-0.3, -0.25) is 9.69 Å². The molecule has 0 bridgehead atoms. The number of para-hydroxylation sites is 1. The predicted octanol–water partition coefficient (Wildman–Crippen LogP) is 4.21. The molecule has 28 heavy (non-hydrogen) atoms. The topological polar surface area (TPSA) is 32.8 Å². The molecule has 4 rings (SSSR count). The van der Waals surface area contributed by atoms with Crippen LogP contribution in [0.3, 0.4) is 0 Å². The van der Waals surface area contributed by atoms with Crippen molar-refractivity contribution in [3.63, 3.8) is 0 Å². The number of hydrogen-bond acceptors (Lipinski definition) is 3. The summed E-state index contributed by atoms with van der Waals surface area (Å²) in [5.41, 5.74) is 2.50. The fraction of sp³-hybridized carbons (Fsp3) is 0.458. The van der Waals surface area contributed by atoms with Crippen LogP contribution in [0, 0.1) is 5.41 Å². The third-order valence-electron chi connectivity index (χ3n) is 6.61. The minimum absolute atomic E-state index is 0.105. The largest absolute Gasteiger partial charge is 0.496 e. The van der Waals surface area contributed by atoms with Gasteiger partial charge in [0.05, 0.1) is 12.7 Å². The second-order valence-corrected chi connectivity index (χ2v) is 8.25. The first-order chi connectivity index (χ1) is 13.7. The molecule has 0 unspecified atom stereocenters. The maximum absolute atomic E-state index is 12.9. The predicted molar refractivity (Wildman–Crippen MR) is 112 cm³/mol. The van der Waals surface area contributed by atoms with Gasteiger partial charge in [-0.05, 0) is 61.9 Å². The smallest absolute Gasteiger partial charge is 0.257 e. The van der Waals surface area contributed by atoms with Crippen LogP contribution < -0.4 is 4.74 Å². The monoisotopic (exact) mass is 378 g/mol. The van der Waals surface area contributed by atoms with E-state index in [1.54, 1.807) is 7.11 Å². The Labute approximate surface area is 168 Å². The van der Waals surface area contributed by atoms with Gasteiger partial charge in [-0.25, -0.2) is 0 Å². The maximum atomic E-state index is 12.9. The number of methoxy groups -OCH3 is 1. The third-order valence-corrected chi connectivity index (χ3v) is 6.61. The van der Waals surface area contributed by atoms with Crippen LogP contribution in [0.15, 0.2) is 54.6 Å². The quantitative estimate of drug-likeness (QED) is 0.799. The van der Waals surface area contributed by atoms with Crippen molar-refractivity contribution in [2.24, 2.45) is 5.41 Å². The van der Waals surface area contributed by atoms with E-state index >= 15 is 0 Å². The van der Waals surface area contributed by atoms with Gasteiger partial charge in [-0.15, -0.1) is 0 Å². The van der Waals surface area contributed by atoms with E-state index in [-0.39, 0.29) is 5.91 Å². The van der Waals surface area contributed by atoms with Crippen molar-refractivity contribution < 1.29 is 9.53 Å². The fourth-order valence-electron chi connectivity index (χ4n) is 4.70. The molecule has 2 fully saturated rings. The molecule has 2 aromatic rings. The Morgan fingerprint density at radius 2 is 1.50 bits per heavy atom. The Hall–Kier alpha value is -2.33. The average molecular weight is 379 g/mol. The van der Waals surface area contributed by atoms with Gasteiger partial charge in [0, 0.05) is 19.6 Å². The molecule has 0 aliphatic carbocycles. The highest BCUT2D eigenvalue weighted by atomic mass is 16.5. The molecule has 4 heteroatoms. The highest BCUT2D eigenvalue weighted by molar-refractivity contribution is 5.97. The number of likely N-dealkylation sites (tertiary alicyclic amines) is 2. The summed E-state index contributed by atoms with van der Waals surface area (Å²) in [7, 11) is 1.63. The SMILES string of the molecule is COc1ccccc1C(=O)N1CCC2(CCN(Cc3ccccc3)CC2)CC1. The van der Waals surface area contributed by atoms with E-state index in [1.165, 1.54) is 18.4 Å². The third kappa shape index (κ3) is 4.07. The zero-order valence-corrected chi connectivity index (χ0v) is 16.8. The number of carbonyl (C=O) groups excluding carboxylic acids is 1. The molecule has 2 saturated heterocycles. The summed E-state index contributed by atoms with van der Waals surface area (Å²) in [5.74, 6) is 0.774. The Morgan fingerprint density at radius 3 is 2.18 bits per heavy atom. The van der Waals surface area contributed by atoms with Crippen LogP contribution in [-0.4, -0.2) is 49.0 Å². The first-order valence-corrected chi connectivity index (χ1v) is 10.4. The number of piperidine rings is 2. The summed E-state index contributed by atoms with van der Waals surface area (Å²) in [6.07, 6.45) is 4.73. The lowest BCUT2D eigenvalue weighted by molar-refractivity contribution is 0.0283. The second kappa shape index (κ2) is 8.36. The lowest BCUT2D eigenvalue weighted by atomic mass is 9.71. The van der Waals surface area contributed by atoms with E-state index in [4.69, 9.17) is 4.74 Å². The molecule has 2 aromatic carbocycles. The van der Waals surface area contributed by atoms with Gasteiger partial charge in [0.25, 0.3) is 5.91 Å². The standard InChI is InChI=1S/C24H30N2O2/c1-28-22-10-6-5-9-21(22)23(27)26-17-13-24(14-18-26)11-15-25(16-12-24)19-20-7-3-2-4-8-20/h2-10H,11-19H2,1H3. The normalized spacial score (nSPS) is 19.5. The number of amides is 1. The summed E-state index contributed by atoms with van der Waals surface area (Å²) in [6, 6.07) is 18.3. The number of benzene rings is 2. The van der Waals surface area contributed by atoms with Crippen LogP contribution in [0.2, 0.25) is 0 Å². The molecule has 0 aromatic heterocycles. The Morgan fingerprint density at radius 1 is 0.893 bits per heavy atom. The first kappa shape index (κ1) is 19.0. The van der Waals surface area contributed by atoms with Crippen molar-refractivity contribution in [1.82, 2.24) is 9.80 Å². The van der Waals surface area contributed by atoms with Crippen LogP contribution in [0.25, 0.3) is 0 Å². The lowest BCUT2D eigenvalue weighted by Crippen LogP contribution is -2.48. The van der Waals surface area contributed by atoms with Gasteiger partial charge >= 0.3 is 0 Å². The first-order valence-electron chi connectivity index (χ1n) is 10.4. The van der Waals surface area contributed by atoms with E-state index in [1.807, 2.05) is 29.2 Å². The van der Waals surface area contributed by atoms with E-state index < -0.39 is 0 Å². The summed E-state index contributed by atoms with van der Waals surface area (Å²) < 4.78 is 5.37. The molecule has 0 saturated carbocycles. The highest BCUT2D eigenvalue weighted by Crippen LogP contribution is 2.42. The summed E-state index contributed by atoms with van der Waals surface area (Å²) in [5, 5.41) is 0. The number of ether oxygens (including phenoxy) is 1. The van der Waals surface area contributed by atoms with Gasteiger partial charge in [0.1, 0.15) is 5.75 Å². The van der Waals surface area contributed by atoms with Crippen LogP contribution in [0.4, 0.5) is 0 Å². The molecule has 1 amide bonds. The Balaban J connectivity index is 1.31. The van der Waals surface area contributed by atoms with Crippen molar-refractivity contribution in [2.75, 3.05) is 33.3 Å². The molecule has 0 radical (unpaired) electrons. The molecule has 0 atom stereocenters. The average Bonchev–Trinajstić information content (AvgIpc) is 2.76. The molecule has 2 heterocycles. The fourth-order valence-corrected chi connectivity index (χ4v) is 4.70. The summed E-state index contributed by atoms with van der Waals surface area (Å²) >= 11 is 0. The molecule has 0 N–H and O–H groups in total. The lowest BCUT2D eigenvalue weighted by Gasteiger charge is -2.47. The van der Waals surface area contributed by atoms with E-state index in [0.717, 1.165) is 45.6 Å². The van der Waals surface area contributed by atoms with Gasteiger partial charge < -0.3 is 9.64 Å². The van der Waals surface area contributed by atoms with Crippen molar-refractivity contribution in [1.29, 1.82) is 0 Å². The Bertz CT molecular complexity index is 787. The van der Waals surface area contributed by atoms with Crippen LogP contribution in [0.1, 0.15) is 41.6 Å². The number of rotatable bonds is 4. The van der Waals surface area contributed by atoms with E-state index in [9.17, 15) is 4.79 Å². The van der Waals surface area contributed by atoms with Crippen molar-refractivity contribution in [3.8, 4) is 5.75 Å². The number of hydrogen-bond donors (Lipinski definition) is 0. The van der Waals surface area contributed by atoms with Gasteiger partial charge in [-0.2, -0.15) is 0 Å². The number of carbonyl (C=O) groups is 1. The van der Waals surface area contributed by atoms with Gasteiger partial charge in [0.15, 0.2) is 0 Å².